The molecule has 0 radical (unpaired) electrons. The van der Waals surface area contributed by atoms with E-state index in [1.807, 2.05) is 61.5 Å². The van der Waals surface area contributed by atoms with Crippen molar-refractivity contribution in [3.05, 3.63) is 102 Å². The quantitative estimate of drug-likeness (QED) is 0.278. The lowest BCUT2D eigenvalue weighted by Crippen LogP contribution is -2.32. The minimum absolute atomic E-state index is 0.298. The van der Waals surface area contributed by atoms with Gasteiger partial charge in [0.25, 0.3) is 0 Å². The molecule has 0 saturated carbocycles. The van der Waals surface area contributed by atoms with Gasteiger partial charge in [0.1, 0.15) is 11.5 Å². The average Bonchev–Trinajstić information content (AvgIpc) is 3.25. The van der Waals surface area contributed by atoms with E-state index < -0.39 is 17.6 Å². The maximum atomic E-state index is 13.0. The molecule has 1 aromatic heterocycles. The molecule has 8 heteroatoms. The molecule has 0 spiro atoms. The standard InChI is InChI=1S/C25H20FN5O2/c1-17-7-9-18(10-8-17)23-19(16-31(30-23)22-5-3-2-4-6-22)15-27-29-25(33)24(32)28-21-13-11-20(26)12-14-21/h2-16H,1H3,(H,28,32)(H,29,33). The second-order valence-corrected chi connectivity index (χ2v) is 7.24. The Morgan fingerprint density at radius 2 is 1.64 bits per heavy atom. The summed E-state index contributed by atoms with van der Waals surface area (Å²) in [5.74, 6) is -2.32. The van der Waals surface area contributed by atoms with Crippen LogP contribution in [0.25, 0.3) is 16.9 Å². The highest BCUT2D eigenvalue weighted by molar-refractivity contribution is 6.39. The minimum Gasteiger partial charge on any atom is -0.318 e. The first kappa shape index (κ1) is 21.6. The predicted molar refractivity (Wildman–Crippen MR) is 125 cm³/mol. The summed E-state index contributed by atoms with van der Waals surface area (Å²) in [6.07, 6.45) is 3.23. The predicted octanol–water partition coefficient (Wildman–Crippen LogP) is 4.08. The highest BCUT2D eigenvalue weighted by Gasteiger charge is 2.14. The van der Waals surface area contributed by atoms with Crippen LogP contribution in [0.5, 0.6) is 0 Å². The number of carbonyl (C=O) groups is 2. The Balaban J connectivity index is 1.52. The van der Waals surface area contributed by atoms with E-state index in [1.165, 1.54) is 30.5 Å². The van der Waals surface area contributed by atoms with Gasteiger partial charge in [-0.25, -0.2) is 14.5 Å². The van der Waals surface area contributed by atoms with Crippen molar-refractivity contribution < 1.29 is 14.0 Å². The molecule has 3 aromatic carbocycles. The number of rotatable bonds is 5. The average molecular weight is 441 g/mol. The van der Waals surface area contributed by atoms with Crippen LogP contribution in [0.3, 0.4) is 0 Å². The number of nitrogens with zero attached hydrogens (tertiary/aromatic N) is 3. The maximum Gasteiger partial charge on any atom is 0.329 e. The Labute approximate surface area is 189 Å². The lowest BCUT2D eigenvalue weighted by Gasteiger charge is -2.03. The third kappa shape index (κ3) is 5.37. The number of carbonyl (C=O) groups excluding carboxylic acids is 2. The normalized spacial score (nSPS) is 10.8. The van der Waals surface area contributed by atoms with Gasteiger partial charge in [0, 0.05) is 23.0 Å². The number of aromatic nitrogens is 2. The number of benzene rings is 3. The van der Waals surface area contributed by atoms with Crippen LogP contribution in [0.2, 0.25) is 0 Å². The zero-order chi connectivity index (χ0) is 23.2. The lowest BCUT2D eigenvalue weighted by molar-refractivity contribution is -0.136. The first-order chi connectivity index (χ1) is 16.0. The molecular weight excluding hydrogens is 421 g/mol. The molecule has 0 atom stereocenters. The van der Waals surface area contributed by atoms with E-state index in [2.05, 4.69) is 20.9 Å². The van der Waals surface area contributed by atoms with Gasteiger partial charge in [-0.15, -0.1) is 0 Å². The number of nitrogens with one attached hydrogen (secondary N) is 2. The smallest absolute Gasteiger partial charge is 0.318 e. The number of hydrogen-bond donors (Lipinski definition) is 2. The summed E-state index contributed by atoms with van der Waals surface area (Å²) in [6.45, 7) is 2.00. The minimum atomic E-state index is -0.956. The van der Waals surface area contributed by atoms with E-state index in [-0.39, 0.29) is 0 Å². The first-order valence-corrected chi connectivity index (χ1v) is 10.1. The molecule has 0 unspecified atom stereocenters. The maximum absolute atomic E-state index is 13.0. The lowest BCUT2D eigenvalue weighted by atomic mass is 10.1. The van der Waals surface area contributed by atoms with Gasteiger partial charge in [-0.2, -0.15) is 10.2 Å². The summed E-state index contributed by atoms with van der Waals surface area (Å²) in [5.41, 5.74) is 6.71. The van der Waals surface area contributed by atoms with E-state index in [9.17, 15) is 14.0 Å². The Kier molecular flexibility index (Phi) is 6.36. The van der Waals surface area contributed by atoms with E-state index >= 15 is 0 Å². The highest BCUT2D eigenvalue weighted by atomic mass is 19.1. The van der Waals surface area contributed by atoms with Crippen LogP contribution in [0, 0.1) is 12.7 Å². The molecule has 0 aliphatic rings. The van der Waals surface area contributed by atoms with Crippen LogP contribution in [0.4, 0.5) is 10.1 Å². The summed E-state index contributed by atoms with van der Waals surface area (Å²) in [4.78, 5) is 24.1. The number of amides is 2. The fourth-order valence-corrected chi connectivity index (χ4v) is 3.06. The zero-order valence-corrected chi connectivity index (χ0v) is 17.7. The van der Waals surface area contributed by atoms with Crippen molar-refractivity contribution >= 4 is 23.7 Å². The molecule has 0 fully saturated rings. The van der Waals surface area contributed by atoms with Crippen molar-refractivity contribution in [2.45, 2.75) is 6.92 Å². The molecule has 0 saturated heterocycles. The second kappa shape index (κ2) is 9.69. The van der Waals surface area contributed by atoms with Crippen molar-refractivity contribution in [2.24, 2.45) is 5.10 Å². The summed E-state index contributed by atoms with van der Waals surface area (Å²) in [6, 6.07) is 22.6. The topological polar surface area (TPSA) is 88.4 Å². The van der Waals surface area contributed by atoms with Gasteiger partial charge >= 0.3 is 11.8 Å². The molecule has 7 nitrogen and oxygen atoms in total. The van der Waals surface area contributed by atoms with Crippen LogP contribution in [-0.2, 0) is 9.59 Å². The molecule has 2 amide bonds. The molecule has 0 bridgehead atoms. The Morgan fingerprint density at radius 3 is 2.33 bits per heavy atom. The fraction of sp³-hybridized carbons (Fsp3) is 0.0400. The van der Waals surface area contributed by atoms with Gasteiger partial charge in [-0.3, -0.25) is 9.59 Å². The Bertz CT molecular complexity index is 1300. The molecule has 164 valence electrons. The van der Waals surface area contributed by atoms with Gasteiger partial charge in [0.15, 0.2) is 0 Å². The Morgan fingerprint density at radius 1 is 0.939 bits per heavy atom. The zero-order valence-electron chi connectivity index (χ0n) is 17.7. The van der Waals surface area contributed by atoms with Crippen molar-refractivity contribution in [3.63, 3.8) is 0 Å². The van der Waals surface area contributed by atoms with Gasteiger partial charge in [-0.05, 0) is 43.3 Å². The molecule has 1 heterocycles. The van der Waals surface area contributed by atoms with Gasteiger partial charge in [-0.1, -0.05) is 48.0 Å². The molecular formula is C25H20FN5O2. The molecule has 0 aliphatic carbocycles. The van der Waals surface area contributed by atoms with Crippen LogP contribution >= 0.6 is 0 Å². The van der Waals surface area contributed by atoms with Crippen molar-refractivity contribution in [2.75, 3.05) is 5.32 Å². The van der Waals surface area contributed by atoms with E-state index in [0.717, 1.165) is 16.8 Å². The van der Waals surface area contributed by atoms with Crippen molar-refractivity contribution in [1.82, 2.24) is 15.2 Å². The summed E-state index contributed by atoms with van der Waals surface area (Å²) < 4.78 is 14.7. The number of aryl methyl sites for hydroxylation is 1. The highest BCUT2D eigenvalue weighted by Crippen LogP contribution is 2.23. The van der Waals surface area contributed by atoms with Gasteiger partial charge in [0.05, 0.1) is 11.9 Å². The number of halogens is 1. The van der Waals surface area contributed by atoms with Crippen LogP contribution in [0.15, 0.2) is 90.2 Å². The van der Waals surface area contributed by atoms with E-state index in [4.69, 9.17) is 0 Å². The van der Waals surface area contributed by atoms with E-state index in [1.54, 1.807) is 10.9 Å². The Hall–Kier alpha value is -4.59. The number of para-hydroxylation sites is 1. The molecule has 33 heavy (non-hydrogen) atoms. The van der Waals surface area contributed by atoms with Crippen molar-refractivity contribution in [3.8, 4) is 16.9 Å². The molecule has 4 aromatic rings. The SMILES string of the molecule is Cc1ccc(-c2nn(-c3ccccc3)cc2C=NNC(=O)C(=O)Nc2ccc(F)cc2)cc1. The fourth-order valence-electron chi connectivity index (χ4n) is 3.06. The monoisotopic (exact) mass is 441 g/mol. The largest absolute Gasteiger partial charge is 0.329 e. The molecule has 4 rings (SSSR count). The first-order valence-electron chi connectivity index (χ1n) is 10.1. The van der Waals surface area contributed by atoms with Crippen LogP contribution in [0.1, 0.15) is 11.1 Å². The third-order valence-corrected chi connectivity index (χ3v) is 4.77. The van der Waals surface area contributed by atoms with Crippen LogP contribution in [-0.4, -0.2) is 27.8 Å². The van der Waals surface area contributed by atoms with E-state index in [0.29, 0.717) is 16.9 Å². The van der Waals surface area contributed by atoms with Gasteiger partial charge in [0.2, 0.25) is 0 Å². The van der Waals surface area contributed by atoms with Gasteiger partial charge < -0.3 is 5.32 Å². The third-order valence-electron chi connectivity index (χ3n) is 4.77. The second-order valence-electron chi connectivity index (χ2n) is 7.24. The molecule has 0 aliphatic heterocycles. The summed E-state index contributed by atoms with van der Waals surface area (Å²) in [7, 11) is 0. The number of anilines is 1. The number of hydrogen-bond acceptors (Lipinski definition) is 4. The summed E-state index contributed by atoms with van der Waals surface area (Å²) in [5, 5.41) is 11.0. The van der Waals surface area contributed by atoms with Crippen molar-refractivity contribution in [1.29, 1.82) is 0 Å². The van der Waals surface area contributed by atoms with Crippen LogP contribution < -0.4 is 10.7 Å². The molecule has 2 N–H and O–H groups in total. The number of hydrazone groups is 1. The summed E-state index contributed by atoms with van der Waals surface area (Å²) >= 11 is 0.